The molecule has 0 saturated carbocycles. The molecule has 0 unspecified atom stereocenters. The standard InChI is InChI=1S/C22H20N2O3/c1-15-9-6-7-12-18(15)21(17-10-4-3-5-11-17)23-22(25)19-13-8-14-20(16(19)2)24(26)27/h3-14,21H,1-2H3,(H,23,25)/t21-/m1/s1. The lowest BCUT2D eigenvalue weighted by molar-refractivity contribution is -0.385. The molecule has 0 fully saturated rings. The second-order valence-corrected chi connectivity index (χ2v) is 6.38. The van der Waals surface area contributed by atoms with Gasteiger partial charge >= 0.3 is 0 Å². The van der Waals surface area contributed by atoms with Crippen molar-refractivity contribution >= 4 is 11.6 Å². The number of carbonyl (C=O) groups is 1. The molecule has 5 nitrogen and oxygen atoms in total. The van der Waals surface area contributed by atoms with Crippen LogP contribution in [0.25, 0.3) is 0 Å². The van der Waals surface area contributed by atoms with Crippen LogP contribution in [0.15, 0.2) is 72.8 Å². The molecule has 1 amide bonds. The van der Waals surface area contributed by atoms with Gasteiger partial charge in [0, 0.05) is 17.2 Å². The fourth-order valence-electron chi connectivity index (χ4n) is 3.17. The van der Waals surface area contributed by atoms with Crippen molar-refractivity contribution in [2.24, 2.45) is 0 Å². The molecule has 0 aliphatic rings. The highest BCUT2D eigenvalue weighted by Gasteiger charge is 2.22. The Labute approximate surface area is 157 Å². The van der Waals surface area contributed by atoms with Crippen molar-refractivity contribution in [1.29, 1.82) is 0 Å². The minimum atomic E-state index is -0.470. The number of benzene rings is 3. The van der Waals surface area contributed by atoms with Crippen molar-refractivity contribution in [2.45, 2.75) is 19.9 Å². The average molecular weight is 360 g/mol. The Bertz CT molecular complexity index is 984. The molecule has 0 saturated heterocycles. The topological polar surface area (TPSA) is 72.2 Å². The van der Waals surface area contributed by atoms with Crippen LogP contribution in [0.2, 0.25) is 0 Å². The summed E-state index contributed by atoms with van der Waals surface area (Å²) in [4.78, 5) is 23.7. The molecule has 0 bridgehead atoms. The van der Waals surface area contributed by atoms with E-state index in [-0.39, 0.29) is 17.6 Å². The van der Waals surface area contributed by atoms with Crippen LogP contribution in [0.4, 0.5) is 5.69 Å². The van der Waals surface area contributed by atoms with Crippen molar-refractivity contribution in [3.05, 3.63) is 111 Å². The van der Waals surface area contributed by atoms with E-state index < -0.39 is 4.92 Å². The number of hydrogen-bond donors (Lipinski definition) is 1. The molecule has 0 radical (unpaired) electrons. The number of nitro benzene ring substituents is 1. The maximum atomic E-state index is 13.0. The third kappa shape index (κ3) is 3.87. The second kappa shape index (κ2) is 7.83. The van der Waals surface area contributed by atoms with Crippen LogP contribution >= 0.6 is 0 Å². The third-order valence-corrected chi connectivity index (χ3v) is 4.65. The van der Waals surface area contributed by atoms with Crippen LogP contribution in [0.1, 0.15) is 38.7 Å². The maximum absolute atomic E-state index is 13.0. The first-order valence-corrected chi connectivity index (χ1v) is 8.64. The average Bonchev–Trinajstić information content (AvgIpc) is 2.67. The molecule has 136 valence electrons. The zero-order chi connectivity index (χ0) is 19.4. The van der Waals surface area contributed by atoms with Crippen LogP contribution in [-0.2, 0) is 0 Å². The number of rotatable bonds is 5. The van der Waals surface area contributed by atoms with Crippen LogP contribution in [0.3, 0.4) is 0 Å². The molecule has 3 aromatic carbocycles. The molecule has 0 aliphatic heterocycles. The van der Waals surface area contributed by atoms with Gasteiger partial charge in [-0.15, -0.1) is 0 Å². The minimum Gasteiger partial charge on any atom is -0.341 e. The number of hydrogen-bond acceptors (Lipinski definition) is 3. The first-order valence-electron chi connectivity index (χ1n) is 8.64. The Morgan fingerprint density at radius 1 is 0.926 bits per heavy atom. The monoisotopic (exact) mass is 360 g/mol. The van der Waals surface area contributed by atoms with Crippen molar-refractivity contribution in [2.75, 3.05) is 0 Å². The van der Waals surface area contributed by atoms with Gasteiger partial charge in [0.15, 0.2) is 0 Å². The Morgan fingerprint density at radius 3 is 2.26 bits per heavy atom. The SMILES string of the molecule is Cc1ccccc1[C@H](NC(=O)c1cccc([N+](=O)[O-])c1C)c1ccccc1. The van der Waals surface area contributed by atoms with E-state index in [1.54, 1.807) is 13.0 Å². The first-order chi connectivity index (χ1) is 13.0. The summed E-state index contributed by atoms with van der Waals surface area (Å²) in [7, 11) is 0. The summed E-state index contributed by atoms with van der Waals surface area (Å²) in [5.74, 6) is -0.340. The summed E-state index contributed by atoms with van der Waals surface area (Å²) in [6.45, 7) is 3.59. The molecule has 3 aromatic rings. The van der Waals surface area contributed by atoms with Gasteiger partial charge in [0.05, 0.1) is 11.0 Å². The molecule has 27 heavy (non-hydrogen) atoms. The lowest BCUT2D eigenvalue weighted by Gasteiger charge is -2.22. The van der Waals surface area contributed by atoms with Gasteiger partial charge in [-0.1, -0.05) is 60.7 Å². The van der Waals surface area contributed by atoms with Gasteiger partial charge < -0.3 is 5.32 Å². The van der Waals surface area contributed by atoms with E-state index in [2.05, 4.69) is 5.32 Å². The van der Waals surface area contributed by atoms with Crippen molar-refractivity contribution in [3.8, 4) is 0 Å². The predicted molar refractivity (Wildman–Crippen MR) is 105 cm³/mol. The molecule has 1 atom stereocenters. The summed E-state index contributed by atoms with van der Waals surface area (Å²) >= 11 is 0. The van der Waals surface area contributed by atoms with E-state index in [9.17, 15) is 14.9 Å². The van der Waals surface area contributed by atoms with Gasteiger partial charge in [-0.3, -0.25) is 14.9 Å². The molecule has 0 heterocycles. The molecule has 3 rings (SSSR count). The van der Waals surface area contributed by atoms with Gasteiger partial charge in [-0.05, 0) is 36.6 Å². The number of aryl methyl sites for hydroxylation is 1. The van der Waals surface area contributed by atoms with E-state index in [0.717, 1.165) is 16.7 Å². The van der Waals surface area contributed by atoms with Gasteiger partial charge in [0.2, 0.25) is 0 Å². The molecule has 0 aromatic heterocycles. The predicted octanol–water partition coefficient (Wildman–Crippen LogP) is 4.73. The number of amides is 1. The fourth-order valence-corrected chi connectivity index (χ4v) is 3.17. The molecular formula is C22H20N2O3. The highest BCUT2D eigenvalue weighted by Crippen LogP contribution is 2.27. The van der Waals surface area contributed by atoms with Crippen LogP contribution < -0.4 is 5.32 Å². The van der Waals surface area contributed by atoms with Crippen molar-refractivity contribution in [1.82, 2.24) is 5.32 Å². The number of carbonyl (C=O) groups excluding carboxylic acids is 1. The Morgan fingerprint density at radius 2 is 1.59 bits per heavy atom. The van der Waals surface area contributed by atoms with Crippen LogP contribution in [0.5, 0.6) is 0 Å². The zero-order valence-electron chi connectivity index (χ0n) is 15.2. The highest BCUT2D eigenvalue weighted by atomic mass is 16.6. The summed E-state index contributed by atoms with van der Waals surface area (Å²) in [5, 5.41) is 14.2. The van der Waals surface area contributed by atoms with Crippen molar-refractivity contribution < 1.29 is 9.72 Å². The normalized spacial score (nSPS) is 11.6. The Hall–Kier alpha value is -3.47. The summed E-state index contributed by atoms with van der Waals surface area (Å²) < 4.78 is 0. The zero-order valence-corrected chi connectivity index (χ0v) is 15.2. The Balaban J connectivity index is 2.01. The Kier molecular flexibility index (Phi) is 5.31. The van der Waals surface area contributed by atoms with E-state index in [0.29, 0.717) is 11.1 Å². The van der Waals surface area contributed by atoms with E-state index in [4.69, 9.17) is 0 Å². The van der Waals surface area contributed by atoms with Gasteiger partial charge in [0.25, 0.3) is 11.6 Å². The first kappa shape index (κ1) is 18.3. The van der Waals surface area contributed by atoms with Crippen LogP contribution in [-0.4, -0.2) is 10.8 Å². The van der Waals surface area contributed by atoms with Gasteiger partial charge in [-0.2, -0.15) is 0 Å². The second-order valence-electron chi connectivity index (χ2n) is 6.38. The number of nitrogens with zero attached hydrogens (tertiary/aromatic N) is 1. The largest absolute Gasteiger partial charge is 0.341 e. The minimum absolute atomic E-state index is 0.0604. The molecule has 0 spiro atoms. The van der Waals surface area contributed by atoms with Crippen LogP contribution in [0, 0.1) is 24.0 Å². The molecular weight excluding hydrogens is 340 g/mol. The van der Waals surface area contributed by atoms with Gasteiger partial charge in [0.1, 0.15) is 0 Å². The quantitative estimate of drug-likeness (QED) is 0.528. The lowest BCUT2D eigenvalue weighted by Crippen LogP contribution is -2.30. The number of nitrogens with one attached hydrogen (secondary N) is 1. The van der Waals surface area contributed by atoms with E-state index in [1.807, 2.05) is 61.5 Å². The lowest BCUT2D eigenvalue weighted by atomic mass is 9.94. The molecule has 1 N–H and O–H groups in total. The van der Waals surface area contributed by atoms with E-state index >= 15 is 0 Å². The smallest absolute Gasteiger partial charge is 0.273 e. The van der Waals surface area contributed by atoms with Crippen molar-refractivity contribution in [3.63, 3.8) is 0 Å². The highest BCUT2D eigenvalue weighted by molar-refractivity contribution is 5.97. The molecule has 5 heteroatoms. The third-order valence-electron chi connectivity index (χ3n) is 4.65. The van der Waals surface area contributed by atoms with Gasteiger partial charge in [-0.25, -0.2) is 0 Å². The molecule has 0 aliphatic carbocycles. The fraction of sp³-hybridized carbons (Fsp3) is 0.136. The summed E-state index contributed by atoms with van der Waals surface area (Å²) in [6.07, 6.45) is 0. The summed E-state index contributed by atoms with van der Waals surface area (Å²) in [5.41, 5.74) is 3.59. The van der Waals surface area contributed by atoms with E-state index in [1.165, 1.54) is 12.1 Å². The maximum Gasteiger partial charge on any atom is 0.273 e. The summed E-state index contributed by atoms with van der Waals surface area (Å²) in [6, 6.07) is 21.7. The number of nitro groups is 1.